The van der Waals surface area contributed by atoms with Gasteiger partial charge in [-0.15, -0.1) is 0 Å². The lowest BCUT2D eigenvalue weighted by atomic mass is 9.95. The third kappa shape index (κ3) is 4.28. The van der Waals surface area contributed by atoms with E-state index >= 15 is 0 Å². The summed E-state index contributed by atoms with van der Waals surface area (Å²) in [7, 11) is 0. The molecule has 0 aromatic heterocycles. The van der Waals surface area contributed by atoms with Crippen LogP contribution in [-0.4, -0.2) is 62.9 Å². The number of imide groups is 2. The summed E-state index contributed by atoms with van der Waals surface area (Å²) in [6.45, 7) is 8.43. The van der Waals surface area contributed by atoms with Gasteiger partial charge < -0.3 is 9.64 Å². The van der Waals surface area contributed by atoms with Gasteiger partial charge in [0, 0.05) is 5.71 Å². The average molecular weight is 387 g/mol. The quantitative estimate of drug-likeness (QED) is 0.529. The number of carbonyl (C=O) groups excluding carboxylic acids is 3. The zero-order valence-electron chi connectivity index (χ0n) is 16.4. The van der Waals surface area contributed by atoms with E-state index in [4.69, 9.17) is 4.74 Å². The van der Waals surface area contributed by atoms with Gasteiger partial charge in [-0.1, -0.05) is 25.1 Å². The van der Waals surface area contributed by atoms with Crippen molar-refractivity contribution < 1.29 is 24.0 Å². The smallest absolute Gasteiger partial charge is 0.335 e. The standard InChI is InChI=1S/C20H26N4O4/c1-3-15(21-8-9-23-10-12-28-13-11-23)17-18(25)22-20(27)24(19(17)26)16-7-5-4-6-14(16)2/h4-7,17H,3,8-13H2,1-2H3,(H,22,25,27)/p+1. The second kappa shape index (κ2) is 9.07. The molecule has 1 aromatic rings. The minimum Gasteiger partial charge on any atom is -0.370 e. The topological polar surface area (TPSA) is 92.5 Å². The molecule has 8 nitrogen and oxygen atoms in total. The fourth-order valence-electron chi connectivity index (χ4n) is 3.59. The van der Waals surface area contributed by atoms with E-state index in [1.165, 1.54) is 4.90 Å². The monoisotopic (exact) mass is 387 g/mol. The van der Waals surface area contributed by atoms with Crippen LogP contribution in [0.2, 0.25) is 0 Å². The number of para-hydroxylation sites is 1. The number of nitrogens with zero attached hydrogens (tertiary/aromatic N) is 2. The molecule has 4 amide bonds. The molecule has 1 aromatic carbocycles. The number of ether oxygens (including phenoxy) is 1. The second-order valence-electron chi connectivity index (χ2n) is 7.03. The Hall–Kier alpha value is -2.58. The first-order chi connectivity index (χ1) is 13.5. The van der Waals surface area contributed by atoms with E-state index in [1.807, 2.05) is 26.0 Å². The van der Waals surface area contributed by atoms with Gasteiger partial charge in [-0.3, -0.25) is 19.9 Å². The normalized spacial score (nSPS) is 21.8. The number of hydrogen-bond acceptors (Lipinski definition) is 5. The van der Waals surface area contributed by atoms with Gasteiger partial charge in [-0.2, -0.15) is 0 Å². The lowest BCUT2D eigenvalue weighted by molar-refractivity contribution is -0.906. The highest BCUT2D eigenvalue weighted by Crippen LogP contribution is 2.25. The van der Waals surface area contributed by atoms with Crippen LogP contribution in [0.1, 0.15) is 18.9 Å². The molecule has 1 atom stereocenters. The predicted molar refractivity (Wildman–Crippen MR) is 105 cm³/mol. The molecule has 0 spiro atoms. The predicted octanol–water partition coefficient (Wildman–Crippen LogP) is -0.0399. The van der Waals surface area contributed by atoms with Crippen molar-refractivity contribution in [2.45, 2.75) is 20.3 Å². The fraction of sp³-hybridized carbons (Fsp3) is 0.500. The van der Waals surface area contributed by atoms with Crippen molar-refractivity contribution in [1.29, 1.82) is 0 Å². The molecule has 3 rings (SSSR count). The number of hydrogen-bond donors (Lipinski definition) is 2. The van der Waals surface area contributed by atoms with Gasteiger partial charge in [0.2, 0.25) is 5.91 Å². The molecule has 150 valence electrons. The van der Waals surface area contributed by atoms with Gasteiger partial charge in [0.05, 0.1) is 32.0 Å². The number of rotatable bonds is 6. The summed E-state index contributed by atoms with van der Waals surface area (Å²) < 4.78 is 5.35. The number of benzene rings is 1. The molecule has 28 heavy (non-hydrogen) atoms. The molecule has 8 heteroatoms. The van der Waals surface area contributed by atoms with Gasteiger partial charge in [0.25, 0.3) is 5.91 Å². The first kappa shape index (κ1) is 20.2. The highest BCUT2D eigenvalue weighted by molar-refractivity contribution is 6.35. The Labute approximate surface area is 164 Å². The Bertz CT molecular complexity index is 786. The van der Waals surface area contributed by atoms with Gasteiger partial charge >= 0.3 is 6.03 Å². The van der Waals surface area contributed by atoms with Crippen molar-refractivity contribution in [1.82, 2.24) is 5.32 Å². The third-order valence-electron chi connectivity index (χ3n) is 5.19. The SMILES string of the molecule is CCC(=NCC[NH+]1CCOCC1)C1C(=O)NC(=O)N(c2ccccc2C)C1=O. The van der Waals surface area contributed by atoms with E-state index < -0.39 is 23.8 Å². The highest BCUT2D eigenvalue weighted by Gasteiger charge is 2.43. The minimum atomic E-state index is -1.07. The molecule has 2 fully saturated rings. The highest BCUT2D eigenvalue weighted by atomic mass is 16.5. The maximum Gasteiger partial charge on any atom is 0.335 e. The first-order valence-corrected chi connectivity index (χ1v) is 9.72. The molecule has 0 bridgehead atoms. The van der Waals surface area contributed by atoms with E-state index in [0.717, 1.165) is 43.3 Å². The Morgan fingerprint density at radius 2 is 1.96 bits per heavy atom. The number of morpholine rings is 1. The van der Waals surface area contributed by atoms with Crippen LogP contribution in [0.15, 0.2) is 29.3 Å². The molecule has 2 aliphatic heterocycles. The molecule has 2 N–H and O–H groups in total. The van der Waals surface area contributed by atoms with Crippen LogP contribution in [0.3, 0.4) is 0 Å². The zero-order chi connectivity index (χ0) is 20.1. The van der Waals surface area contributed by atoms with E-state index in [9.17, 15) is 14.4 Å². The van der Waals surface area contributed by atoms with E-state index in [0.29, 0.717) is 24.4 Å². The van der Waals surface area contributed by atoms with Crippen molar-refractivity contribution in [3.05, 3.63) is 29.8 Å². The summed E-state index contributed by atoms with van der Waals surface area (Å²) in [4.78, 5) is 45.0. The van der Waals surface area contributed by atoms with E-state index in [-0.39, 0.29) is 0 Å². The van der Waals surface area contributed by atoms with Gasteiger partial charge in [-0.05, 0) is 25.0 Å². The Morgan fingerprint density at radius 1 is 1.25 bits per heavy atom. The minimum absolute atomic E-state index is 0.470. The molecule has 2 aliphatic rings. The number of aliphatic imine (C=N–C) groups is 1. The summed E-state index contributed by atoms with van der Waals surface area (Å²) in [5.41, 5.74) is 1.78. The zero-order valence-corrected chi connectivity index (χ0v) is 16.4. The number of quaternary nitrogens is 1. The van der Waals surface area contributed by atoms with Gasteiger partial charge in [0.1, 0.15) is 13.1 Å². The lowest BCUT2D eigenvalue weighted by Crippen LogP contribution is -3.14. The van der Waals surface area contributed by atoms with Crippen LogP contribution in [-0.2, 0) is 14.3 Å². The summed E-state index contributed by atoms with van der Waals surface area (Å²) in [5, 5.41) is 2.31. The Balaban J connectivity index is 1.78. The molecular formula is C20H27N4O4+. The molecule has 0 aliphatic carbocycles. The lowest BCUT2D eigenvalue weighted by Gasteiger charge is -2.31. The molecular weight excluding hydrogens is 360 g/mol. The van der Waals surface area contributed by atoms with Crippen molar-refractivity contribution in [2.75, 3.05) is 44.3 Å². The summed E-state index contributed by atoms with van der Waals surface area (Å²) in [5.74, 6) is -2.21. The Kier molecular flexibility index (Phi) is 6.53. The van der Waals surface area contributed by atoms with Crippen LogP contribution >= 0.6 is 0 Å². The van der Waals surface area contributed by atoms with Crippen molar-refractivity contribution >= 4 is 29.2 Å². The molecule has 2 heterocycles. The number of carbonyl (C=O) groups is 3. The number of urea groups is 1. The van der Waals surface area contributed by atoms with Crippen molar-refractivity contribution in [2.24, 2.45) is 10.9 Å². The van der Waals surface area contributed by atoms with E-state index in [2.05, 4.69) is 10.3 Å². The van der Waals surface area contributed by atoms with Crippen molar-refractivity contribution in [3.8, 4) is 0 Å². The average Bonchev–Trinajstić information content (AvgIpc) is 2.68. The molecule has 2 saturated heterocycles. The number of nitrogens with one attached hydrogen (secondary N) is 2. The number of anilines is 1. The van der Waals surface area contributed by atoms with Crippen LogP contribution in [0, 0.1) is 12.8 Å². The summed E-state index contributed by atoms with van der Waals surface area (Å²) >= 11 is 0. The van der Waals surface area contributed by atoms with Crippen molar-refractivity contribution in [3.63, 3.8) is 0 Å². The fourth-order valence-corrected chi connectivity index (χ4v) is 3.59. The number of amides is 4. The maximum atomic E-state index is 13.1. The van der Waals surface area contributed by atoms with Gasteiger partial charge in [0.15, 0.2) is 5.92 Å². The van der Waals surface area contributed by atoms with Crippen LogP contribution in [0.4, 0.5) is 10.5 Å². The summed E-state index contributed by atoms with van der Waals surface area (Å²) in [6.07, 6.45) is 0.470. The third-order valence-corrected chi connectivity index (χ3v) is 5.19. The van der Waals surface area contributed by atoms with E-state index in [1.54, 1.807) is 12.1 Å². The summed E-state index contributed by atoms with van der Waals surface area (Å²) in [6, 6.07) is 6.40. The molecule has 0 saturated carbocycles. The van der Waals surface area contributed by atoms with Crippen LogP contribution < -0.4 is 15.1 Å². The second-order valence-corrected chi connectivity index (χ2v) is 7.03. The molecule has 1 unspecified atom stereocenters. The number of barbiturate groups is 1. The van der Waals surface area contributed by atoms with Crippen LogP contribution in [0.25, 0.3) is 0 Å². The largest absolute Gasteiger partial charge is 0.370 e. The number of aryl methyl sites for hydroxylation is 1. The van der Waals surface area contributed by atoms with Crippen LogP contribution in [0.5, 0.6) is 0 Å². The maximum absolute atomic E-state index is 13.1. The Morgan fingerprint density at radius 3 is 2.64 bits per heavy atom. The van der Waals surface area contributed by atoms with Gasteiger partial charge in [-0.25, -0.2) is 9.69 Å². The first-order valence-electron chi connectivity index (χ1n) is 9.72. The molecule has 0 radical (unpaired) electrons.